The summed E-state index contributed by atoms with van der Waals surface area (Å²) in [4.78, 5) is 30.3. The van der Waals surface area contributed by atoms with E-state index < -0.39 is 17.3 Å². The molecule has 0 aliphatic heterocycles. The molecule has 1 amide bonds. The predicted octanol–water partition coefficient (Wildman–Crippen LogP) is 4.29. The van der Waals surface area contributed by atoms with E-state index in [4.69, 9.17) is 9.72 Å². The summed E-state index contributed by atoms with van der Waals surface area (Å²) in [7, 11) is 1.31. The first kappa shape index (κ1) is 23.7. The van der Waals surface area contributed by atoms with E-state index in [9.17, 15) is 9.59 Å². The maximum Gasteiger partial charge on any atom is 0.333 e. The molecule has 34 heavy (non-hydrogen) atoms. The Morgan fingerprint density at radius 3 is 2.50 bits per heavy atom. The van der Waals surface area contributed by atoms with Crippen molar-refractivity contribution < 1.29 is 14.3 Å². The van der Waals surface area contributed by atoms with Crippen LogP contribution < -0.4 is 5.32 Å². The summed E-state index contributed by atoms with van der Waals surface area (Å²) in [6.07, 6.45) is 1.48. The van der Waals surface area contributed by atoms with Crippen molar-refractivity contribution in [1.29, 1.82) is 0 Å². The van der Waals surface area contributed by atoms with Crippen molar-refractivity contribution in [2.75, 3.05) is 7.11 Å². The van der Waals surface area contributed by atoms with Gasteiger partial charge in [0.15, 0.2) is 11.7 Å². The standard InChI is InChI=1S/C25H27N5O3S/c1-4-15-30-18-14-10-9-13-17(18)21-22(30)27-25(29-28-21)34-19(5-2)23(31)26-20(24(32)33-3)16-11-7-6-8-12-16/h6-14,19-20H,4-5,15H2,1-3H3,(H,26,31)/t19-,20+/m0/s1. The molecule has 8 nitrogen and oxygen atoms in total. The summed E-state index contributed by atoms with van der Waals surface area (Å²) < 4.78 is 7.06. The Labute approximate surface area is 202 Å². The summed E-state index contributed by atoms with van der Waals surface area (Å²) in [5, 5.41) is 12.5. The molecule has 0 fully saturated rings. The molecule has 1 N–H and O–H groups in total. The molecule has 9 heteroatoms. The topological polar surface area (TPSA) is 99.0 Å². The molecule has 2 aromatic heterocycles. The molecule has 2 atom stereocenters. The third kappa shape index (κ3) is 4.75. The van der Waals surface area contributed by atoms with Gasteiger partial charge in [0.25, 0.3) is 0 Å². The highest BCUT2D eigenvalue weighted by molar-refractivity contribution is 8.00. The van der Waals surface area contributed by atoms with E-state index in [2.05, 4.69) is 33.1 Å². The average molecular weight is 478 g/mol. The number of ether oxygens (including phenoxy) is 1. The van der Waals surface area contributed by atoms with Crippen LogP contribution in [0.4, 0.5) is 0 Å². The lowest BCUT2D eigenvalue weighted by Crippen LogP contribution is -2.39. The monoisotopic (exact) mass is 477 g/mol. The Morgan fingerprint density at radius 1 is 1.06 bits per heavy atom. The number of rotatable bonds is 9. The van der Waals surface area contributed by atoms with Gasteiger partial charge in [0, 0.05) is 11.9 Å². The number of hydrogen-bond acceptors (Lipinski definition) is 7. The van der Waals surface area contributed by atoms with Crippen LogP contribution >= 0.6 is 11.8 Å². The number of hydrogen-bond donors (Lipinski definition) is 1. The molecule has 0 aliphatic rings. The Balaban J connectivity index is 1.60. The highest BCUT2D eigenvalue weighted by atomic mass is 32.2. The van der Waals surface area contributed by atoms with E-state index in [1.807, 2.05) is 43.3 Å². The van der Waals surface area contributed by atoms with Crippen molar-refractivity contribution in [3.8, 4) is 0 Å². The SMILES string of the molecule is CCCn1c2ccccc2c2nnc(S[C@@H](CC)C(=O)N[C@@H](C(=O)OC)c3ccccc3)nc21. The Hall–Kier alpha value is -3.46. The minimum Gasteiger partial charge on any atom is -0.467 e. The molecule has 2 aromatic carbocycles. The van der Waals surface area contributed by atoms with Crippen LogP contribution in [-0.2, 0) is 20.9 Å². The van der Waals surface area contributed by atoms with E-state index in [1.165, 1.54) is 18.9 Å². The fraction of sp³-hybridized carbons (Fsp3) is 0.320. The van der Waals surface area contributed by atoms with Gasteiger partial charge in [0.1, 0.15) is 5.52 Å². The van der Waals surface area contributed by atoms with Gasteiger partial charge in [-0.2, -0.15) is 0 Å². The van der Waals surface area contributed by atoms with E-state index >= 15 is 0 Å². The van der Waals surface area contributed by atoms with Crippen LogP contribution in [0.5, 0.6) is 0 Å². The first-order valence-electron chi connectivity index (χ1n) is 11.3. The molecule has 176 valence electrons. The maximum atomic E-state index is 13.1. The number of esters is 1. The van der Waals surface area contributed by atoms with Crippen molar-refractivity contribution >= 4 is 45.7 Å². The lowest BCUT2D eigenvalue weighted by atomic mass is 10.1. The van der Waals surface area contributed by atoms with Crippen LogP contribution in [0.25, 0.3) is 22.1 Å². The molecule has 2 heterocycles. The third-order valence-corrected chi connectivity index (χ3v) is 6.78. The van der Waals surface area contributed by atoms with Crippen molar-refractivity contribution in [2.24, 2.45) is 0 Å². The smallest absolute Gasteiger partial charge is 0.333 e. The number of benzene rings is 2. The number of aromatic nitrogens is 4. The van der Waals surface area contributed by atoms with Crippen LogP contribution in [0.2, 0.25) is 0 Å². The van der Waals surface area contributed by atoms with E-state index in [-0.39, 0.29) is 5.91 Å². The number of para-hydroxylation sites is 1. The molecular weight excluding hydrogens is 450 g/mol. The van der Waals surface area contributed by atoms with Gasteiger partial charge in [-0.05, 0) is 24.5 Å². The Morgan fingerprint density at radius 2 is 1.79 bits per heavy atom. The second kappa shape index (κ2) is 10.6. The Kier molecular flexibility index (Phi) is 7.42. The van der Waals surface area contributed by atoms with E-state index in [0.29, 0.717) is 17.1 Å². The number of aryl methyl sites for hydroxylation is 1. The second-order valence-electron chi connectivity index (χ2n) is 7.83. The van der Waals surface area contributed by atoms with Gasteiger partial charge in [0.05, 0.1) is 17.9 Å². The zero-order valence-corrected chi connectivity index (χ0v) is 20.2. The van der Waals surface area contributed by atoms with Crippen LogP contribution in [0.1, 0.15) is 38.3 Å². The van der Waals surface area contributed by atoms with E-state index in [1.54, 1.807) is 12.1 Å². The normalized spacial score (nSPS) is 13.0. The van der Waals surface area contributed by atoms with Gasteiger partial charge < -0.3 is 14.6 Å². The molecule has 0 radical (unpaired) electrons. The predicted molar refractivity (Wildman–Crippen MR) is 132 cm³/mol. The molecular formula is C25H27N5O3S. The third-order valence-electron chi connectivity index (χ3n) is 5.57. The summed E-state index contributed by atoms with van der Waals surface area (Å²) in [6.45, 7) is 4.84. The van der Waals surface area contributed by atoms with Gasteiger partial charge in [-0.1, -0.05) is 74.1 Å². The number of thioether (sulfide) groups is 1. The van der Waals surface area contributed by atoms with Crippen molar-refractivity contribution in [3.63, 3.8) is 0 Å². The van der Waals surface area contributed by atoms with Crippen LogP contribution in [0, 0.1) is 0 Å². The molecule has 4 aromatic rings. The fourth-order valence-electron chi connectivity index (χ4n) is 3.92. The number of carbonyl (C=O) groups excluding carboxylic acids is 2. The van der Waals surface area contributed by atoms with Gasteiger partial charge in [0.2, 0.25) is 11.1 Å². The summed E-state index contributed by atoms with van der Waals surface area (Å²) in [6, 6.07) is 16.2. The van der Waals surface area contributed by atoms with Crippen LogP contribution in [0.3, 0.4) is 0 Å². The number of amides is 1. The lowest BCUT2D eigenvalue weighted by molar-refractivity contribution is -0.145. The molecule has 0 saturated heterocycles. The number of fused-ring (bicyclic) bond motifs is 3. The number of nitrogens with zero attached hydrogens (tertiary/aromatic N) is 4. The van der Waals surface area contributed by atoms with Gasteiger partial charge >= 0.3 is 5.97 Å². The van der Waals surface area contributed by atoms with Crippen LogP contribution in [0.15, 0.2) is 59.8 Å². The lowest BCUT2D eigenvalue weighted by Gasteiger charge is -2.20. The van der Waals surface area contributed by atoms with Crippen molar-refractivity contribution in [3.05, 3.63) is 60.2 Å². The van der Waals surface area contributed by atoms with Crippen molar-refractivity contribution in [2.45, 2.75) is 49.7 Å². The molecule has 0 spiro atoms. The number of carbonyl (C=O) groups is 2. The first-order valence-corrected chi connectivity index (χ1v) is 12.2. The molecule has 0 aliphatic carbocycles. The number of nitrogens with one attached hydrogen (secondary N) is 1. The minimum atomic E-state index is -0.887. The molecule has 0 bridgehead atoms. The highest BCUT2D eigenvalue weighted by Gasteiger charge is 2.28. The van der Waals surface area contributed by atoms with Crippen LogP contribution in [-0.4, -0.2) is 44.0 Å². The first-order chi connectivity index (χ1) is 16.6. The average Bonchev–Trinajstić information content (AvgIpc) is 3.19. The van der Waals surface area contributed by atoms with E-state index in [0.717, 1.165) is 35.0 Å². The second-order valence-corrected chi connectivity index (χ2v) is 9.00. The van der Waals surface area contributed by atoms with Gasteiger partial charge in [-0.15, -0.1) is 10.2 Å². The summed E-state index contributed by atoms with van der Waals surface area (Å²) >= 11 is 1.24. The Bertz CT molecular complexity index is 1310. The zero-order valence-electron chi connectivity index (χ0n) is 19.4. The van der Waals surface area contributed by atoms with Gasteiger partial charge in [-0.25, -0.2) is 9.78 Å². The summed E-state index contributed by atoms with van der Waals surface area (Å²) in [5.41, 5.74) is 3.23. The largest absolute Gasteiger partial charge is 0.467 e. The number of methoxy groups -OCH3 is 1. The highest BCUT2D eigenvalue weighted by Crippen LogP contribution is 2.29. The maximum absolute atomic E-state index is 13.1. The summed E-state index contributed by atoms with van der Waals surface area (Å²) in [5.74, 6) is -0.813. The molecule has 4 rings (SSSR count). The molecule has 0 unspecified atom stereocenters. The van der Waals surface area contributed by atoms with Crippen molar-refractivity contribution in [1.82, 2.24) is 25.1 Å². The fourth-order valence-corrected chi connectivity index (χ4v) is 4.74. The zero-order chi connectivity index (χ0) is 24.1. The quantitative estimate of drug-likeness (QED) is 0.284. The van der Waals surface area contributed by atoms with Gasteiger partial charge in [-0.3, -0.25) is 4.79 Å². The minimum absolute atomic E-state index is 0.287. The molecule has 0 saturated carbocycles.